The van der Waals surface area contributed by atoms with Crippen LogP contribution in [0.2, 0.25) is 0 Å². The van der Waals surface area contributed by atoms with E-state index in [-0.39, 0.29) is 5.91 Å². The summed E-state index contributed by atoms with van der Waals surface area (Å²) >= 11 is 0. The van der Waals surface area contributed by atoms with Crippen LogP contribution >= 0.6 is 0 Å². The summed E-state index contributed by atoms with van der Waals surface area (Å²) in [6.07, 6.45) is 7.22. The average molecular weight is 238 g/mol. The maximum Gasteiger partial charge on any atom is 0.221 e. The van der Waals surface area contributed by atoms with E-state index in [1.165, 1.54) is 25.7 Å². The third-order valence-corrected chi connectivity index (χ3v) is 4.01. The Morgan fingerprint density at radius 3 is 2.29 bits per heavy atom. The summed E-state index contributed by atoms with van der Waals surface area (Å²) in [5, 5.41) is 6.62. The average Bonchev–Trinajstić information content (AvgIpc) is 3.16. The van der Waals surface area contributed by atoms with Gasteiger partial charge in [0.05, 0.1) is 0 Å². The van der Waals surface area contributed by atoms with Crippen molar-refractivity contribution in [2.24, 2.45) is 11.8 Å². The van der Waals surface area contributed by atoms with Crippen LogP contribution in [-0.2, 0) is 4.79 Å². The zero-order valence-electron chi connectivity index (χ0n) is 11.2. The predicted octanol–water partition coefficient (Wildman–Crippen LogP) is 2.07. The van der Waals surface area contributed by atoms with Gasteiger partial charge >= 0.3 is 0 Å². The lowest BCUT2D eigenvalue weighted by Crippen LogP contribution is -2.38. The summed E-state index contributed by atoms with van der Waals surface area (Å²) in [4.78, 5) is 11.6. The van der Waals surface area contributed by atoms with Gasteiger partial charge < -0.3 is 10.6 Å². The van der Waals surface area contributed by atoms with Gasteiger partial charge in [-0.05, 0) is 50.9 Å². The standard InChI is InChI=1S/C14H26N2O/c1-3-10(2)16-13(17)8-9-15-14(11-4-5-11)12-6-7-12/h10-12,14-15H,3-9H2,1-2H3,(H,16,17). The topological polar surface area (TPSA) is 41.1 Å². The number of rotatable bonds is 8. The fraction of sp³-hybridized carbons (Fsp3) is 0.929. The first-order valence-electron chi connectivity index (χ1n) is 7.23. The van der Waals surface area contributed by atoms with Crippen LogP contribution in [0, 0.1) is 11.8 Å². The monoisotopic (exact) mass is 238 g/mol. The number of carbonyl (C=O) groups excluding carboxylic acids is 1. The van der Waals surface area contributed by atoms with Crippen molar-refractivity contribution in [3.8, 4) is 0 Å². The fourth-order valence-electron chi connectivity index (χ4n) is 2.43. The molecule has 2 aliphatic carbocycles. The molecular weight excluding hydrogens is 212 g/mol. The smallest absolute Gasteiger partial charge is 0.221 e. The number of amides is 1. The molecule has 0 bridgehead atoms. The fourth-order valence-corrected chi connectivity index (χ4v) is 2.43. The maximum absolute atomic E-state index is 11.6. The molecule has 1 unspecified atom stereocenters. The highest BCUT2D eigenvalue weighted by Crippen LogP contribution is 2.44. The van der Waals surface area contributed by atoms with Crippen LogP contribution in [0.5, 0.6) is 0 Å². The van der Waals surface area contributed by atoms with Gasteiger partial charge in [0.1, 0.15) is 0 Å². The van der Waals surface area contributed by atoms with Gasteiger partial charge in [0, 0.05) is 25.0 Å². The molecule has 17 heavy (non-hydrogen) atoms. The zero-order valence-corrected chi connectivity index (χ0v) is 11.2. The molecular formula is C14H26N2O. The van der Waals surface area contributed by atoms with Gasteiger partial charge in [-0.2, -0.15) is 0 Å². The van der Waals surface area contributed by atoms with Gasteiger partial charge in [0.15, 0.2) is 0 Å². The minimum absolute atomic E-state index is 0.192. The van der Waals surface area contributed by atoms with Crippen molar-refractivity contribution in [2.45, 2.75) is 64.5 Å². The Hall–Kier alpha value is -0.570. The third-order valence-electron chi connectivity index (χ3n) is 4.01. The molecule has 0 spiro atoms. The molecule has 0 aromatic carbocycles. The first kappa shape index (κ1) is 12.9. The van der Waals surface area contributed by atoms with E-state index < -0.39 is 0 Å². The number of nitrogens with one attached hydrogen (secondary N) is 2. The molecule has 3 heteroatoms. The van der Waals surface area contributed by atoms with E-state index in [4.69, 9.17) is 0 Å². The summed E-state index contributed by atoms with van der Waals surface area (Å²) in [5.74, 6) is 2.03. The first-order valence-corrected chi connectivity index (χ1v) is 7.23. The van der Waals surface area contributed by atoms with Crippen molar-refractivity contribution < 1.29 is 4.79 Å². The molecule has 2 rings (SSSR count). The van der Waals surface area contributed by atoms with Crippen LogP contribution in [0.15, 0.2) is 0 Å². The molecule has 1 amide bonds. The second kappa shape index (κ2) is 5.85. The number of carbonyl (C=O) groups is 1. The Labute approximate surface area is 105 Å². The normalized spacial score (nSPS) is 21.6. The Balaban J connectivity index is 1.59. The van der Waals surface area contributed by atoms with Crippen LogP contribution < -0.4 is 10.6 Å². The van der Waals surface area contributed by atoms with E-state index in [1.807, 2.05) is 0 Å². The van der Waals surface area contributed by atoms with Crippen molar-refractivity contribution >= 4 is 5.91 Å². The highest BCUT2D eigenvalue weighted by Gasteiger charge is 2.40. The highest BCUT2D eigenvalue weighted by molar-refractivity contribution is 5.76. The molecule has 1 atom stereocenters. The van der Waals surface area contributed by atoms with Crippen LogP contribution in [0.4, 0.5) is 0 Å². The van der Waals surface area contributed by atoms with Crippen molar-refractivity contribution in [2.75, 3.05) is 6.54 Å². The second-order valence-corrected chi connectivity index (χ2v) is 5.78. The summed E-state index contributed by atoms with van der Waals surface area (Å²) < 4.78 is 0. The summed E-state index contributed by atoms with van der Waals surface area (Å²) in [6.45, 7) is 5.00. The SMILES string of the molecule is CCC(C)NC(=O)CCNC(C1CC1)C1CC1. The second-order valence-electron chi connectivity index (χ2n) is 5.78. The highest BCUT2D eigenvalue weighted by atomic mass is 16.1. The molecule has 98 valence electrons. The van der Waals surface area contributed by atoms with E-state index >= 15 is 0 Å². The third kappa shape index (κ3) is 4.30. The van der Waals surface area contributed by atoms with E-state index in [0.717, 1.165) is 24.8 Å². The summed E-state index contributed by atoms with van der Waals surface area (Å²) in [7, 11) is 0. The van der Waals surface area contributed by atoms with Gasteiger partial charge in [-0.3, -0.25) is 4.79 Å². The van der Waals surface area contributed by atoms with Crippen molar-refractivity contribution in [3.05, 3.63) is 0 Å². The molecule has 0 heterocycles. The minimum atomic E-state index is 0.192. The minimum Gasteiger partial charge on any atom is -0.354 e. The predicted molar refractivity (Wildman–Crippen MR) is 69.8 cm³/mol. The lowest BCUT2D eigenvalue weighted by molar-refractivity contribution is -0.121. The number of hydrogen-bond donors (Lipinski definition) is 2. The molecule has 0 radical (unpaired) electrons. The Bertz CT molecular complexity index is 247. The van der Waals surface area contributed by atoms with E-state index in [2.05, 4.69) is 24.5 Å². The van der Waals surface area contributed by atoms with E-state index in [1.54, 1.807) is 0 Å². The zero-order chi connectivity index (χ0) is 12.3. The summed E-state index contributed by atoms with van der Waals surface area (Å²) in [6, 6.07) is 1.02. The number of hydrogen-bond acceptors (Lipinski definition) is 2. The van der Waals surface area contributed by atoms with E-state index in [0.29, 0.717) is 18.5 Å². The molecule has 0 saturated heterocycles. The molecule has 0 aliphatic heterocycles. The van der Waals surface area contributed by atoms with Crippen molar-refractivity contribution in [1.29, 1.82) is 0 Å². The van der Waals surface area contributed by atoms with Crippen LogP contribution in [0.25, 0.3) is 0 Å². The lowest BCUT2D eigenvalue weighted by Gasteiger charge is -2.18. The quantitative estimate of drug-likeness (QED) is 0.679. The largest absolute Gasteiger partial charge is 0.354 e. The van der Waals surface area contributed by atoms with Crippen LogP contribution in [0.3, 0.4) is 0 Å². The molecule has 2 aliphatic rings. The Morgan fingerprint density at radius 1 is 1.24 bits per heavy atom. The first-order chi connectivity index (χ1) is 8.20. The van der Waals surface area contributed by atoms with Gasteiger partial charge in [-0.25, -0.2) is 0 Å². The Kier molecular flexibility index (Phi) is 4.43. The molecule has 3 nitrogen and oxygen atoms in total. The van der Waals surface area contributed by atoms with Crippen molar-refractivity contribution in [3.63, 3.8) is 0 Å². The van der Waals surface area contributed by atoms with E-state index in [9.17, 15) is 4.79 Å². The van der Waals surface area contributed by atoms with Gasteiger partial charge in [0.2, 0.25) is 5.91 Å². The molecule has 2 fully saturated rings. The van der Waals surface area contributed by atoms with Crippen molar-refractivity contribution in [1.82, 2.24) is 10.6 Å². The summed E-state index contributed by atoms with van der Waals surface area (Å²) in [5.41, 5.74) is 0. The lowest BCUT2D eigenvalue weighted by atomic mass is 10.1. The Morgan fingerprint density at radius 2 is 1.82 bits per heavy atom. The van der Waals surface area contributed by atoms with Gasteiger partial charge in [-0.1, -0.05) is 6.92 Å². The molecule has 2 N–H and O–H groups in total. The maximum atomic E-state index is 11.6. The van der Waals surface area contributed by atoms with Crippen LogP contribution in [-0.4, -0.2) is 24.5 Å². The molecule has 0 aromatic rings. The van der Waals surface area contributed by atoms with Gasteiger partial charge in [-0.15, -0.1) is 0 Å². The molecule has 0 aromatic heterocycles. The van der Waals surface area contributed by atoms with Crippen LogP contribution in [0.1, 0.15) is 52.4 Å². The molecule has 2 saturated carbocycles. The van der Waals surface area contributed by atoms with Gasteiger partial charge in [0.25, 0.3) is 0 Å².